The number of hydrogen-bond acceptors (Lipinski definition) is 6. The minimum Gasteiger partial charge on any atom is -0.441 e. The number of oxazole rings is 1. The van der Waals surface area contributed by atoms with Crippen molar-refractivity contribution in [1.82, 2.24) is 14.9 Å². The number of rotatable bonds is 7. The Balaban J connectivity index is 1.24. The van der Waals surface area contributed by atoms with Crippen LogP contribution in [0.1, 0.15) is 37.8 Å². The van der Waals surface area contributed by atoms with Crippen LogP contribution in [0.4, 0.5) is 5.13 Å². The second-order valence-corrected chi connectivity index (χ2v) is 8.49. The first-order valence-corrected chi connectivity index (χ1v) is 11.0. The Kier molecular flexibility index (Phi) is 6.36. The van der Waals surface area contributed by atoms with Crippen LogP contribution >= 0.6 is 11.3 Å². The van der Waals surface area contributed by atoms with E-state index in [4.69, 9.17) is 4.42 Å². The number of piperidine rings is 1. The number of likely N-dealkylation sites (tertiary alicyclic amines) is 1. The fraction of sp³-hybridized carbons (Fsp3) is 0.409. The van der Waals surface area contributed by atoms with Crippen LogP contribution in [-0.2, 0) is 17.8 Å². The van der Waals surface area contributed by atoms with Gasteiger partial charge in [-0.2, -0.15) is 0 Å². The standard InChI is InChI=1S/C22H26N4O2S/c1-16-9-11-26(12-10-16)14-18-15-29-22(24-18)25-20(27)7-8-21-23-13-19(28-21)17-5-3-2-4-6-17/h2-6,13,15-16H,7-12,14H2,1H3,(H,24,25,27). The van der Waals surface area contributed by atoms with Crippen LogP contribution < -0.4 is 5.32 Å². The SMILES string of the molecule is CC1CCN(Cc2csc(NC(=O)CCc3ncc(-c4ccccc4)o3)n2)CC1. The van der Waals surface area contributed by atoms with E-state index in [2.05, 4.69) is 27.1 Å². The number of aryl methyl sites for hydroxylation is 1. The topological polar surface area (TPSA) is 71.3 Å². The van der Waals surface area contributed by atoms with Crippen LogP contribution in [0.25, 0.3) is 11.3 Å². The number of thiazole rings is 1. The van der Waals surface area contributed by atoms with Gasteiger partial charge in [0.2, 0.25) is 5.91 Å². The van der Waals surface area contributed by atoms with Crippen molar-refractivity contribution in [2.24, 2.45) is 5.92 Å². The van der Waals surface area contributed by atoms with Gasteiger partial charge >= 0.3 is 0 Å². The second-order valence-electron chi connectivity index (χ2n) is 7.64. The average Bonchev–Trinajstić information content (AvgIpc) is 3.38. The number of hydrogen-bond donors (Lipinski definition) is 1. The molecule has 0 aliphatic carbocycles. The molecule has 152 valence electrons. The number of carbonyl (C=O) groups is 1. The smallest absolute Gasteiger partial charge is 0.226 e. The Labute approximate surface area is 175 Å². The minimum absolute atomic E-state index is 0.0721. The van der Waals surface area contributed by atoms with Crippen molar-refractivity contribution in [1.29, 1.82) is 0 Å². The van der Waals surface area contributed by atoms with Crippen LogP contribution in [0.5, 0.6) is 0 Å². The van der Waals surface area contributed by atoms with Gasteiger partial charge in [-0.3, -0.25) is 9.69 Å². The first kappa shape index (κ1) is 19.8. The van der Waals surface area contributed by atoms with E-state index >= 15 is 0 Å². The molecule has 0 spiro atoms. The molecule has 3 heterocycles. The molecule has 6 nitrogen and oxygen atoms in total. The lowest BCUT2D eigenvalue weighted by atomic mass is 9.99. The highest BCUT2D eigenvalue weighted by atomic mass is 32.1. The molecule has 1 N–H and O–H groups in total. The van der Waals surface area contributed by atoms with Crippen molar-refractivity contribution in [3.05, 3.63) is 53.5 Å². The van der Waals surface area contributed by atoms with E-state index in [1.807, 2.05) is 35.7 Å². The van der Waals surface area contributed by atoms with Crippen molar-refractivity contribution >= 4 is 22.4 Å². The number of amides is 1. The zero-order chi connectivity index (χ0) is 20.1. The largest absolute Gasteiger partial charge is 0.441 e. The Morgan fingerprint density at radius 2 is 2.07 bits per heavy atom. The highest BCUT2D eigenvalue weighted by Crippen LogP contribution is 2.22. The van der Waals surface area contributed by atoms with Crippen molar-refractivity contribution < 1.29 is 9.21 Å². The summed E-state index contributed by atoms with van der Waals surface area (Å²) in [7, 11) is 0. The van der Waals surface area contributed by atoms with Gasteiger partial charge < -0.3 is 9.73 Å². The quantitative estimate of drug-likeness (QED) is 0.616. The molecule has 0 atom stereocenters. The lowest BCUT2D eigenvalue weighted by molar-refractivity contribution is -0.116. The molecule has 1 fully saturated rings. The van der Waals surface area contributed by atoms with Crippen molar-refractivity contribution in [3.63, 3.8) is 0 Å². The van der Waals surface area contributed by atoms with Gasteiger partial charge in [0.1, 0.15) is 0 Å². The Morgan fingerprint density at radius 3 is 2.86 bits per heavy atom. The lowest BCUT2D eigenvalue weighted by Gasteiger charge is -2.29. The maximum absolute atomic E-state index is 12.3. The Hall–Kier alpha value is -2.51. The lowest BCUT2D eigenvalue weighted by Crippen LogP contribution is -2.32. The van der Waals surface area contributed by atoms with E-state index in [1.54, 1.807) is 6.20 Å². The first-order chi connectivity index (χ1) is 14.2. The maximum atomic E-state index is 12.3. The summed E-state index contributed by atoms with van der Waals surface area (Å²) < 4.78 is 5.76. The van der Waals surface area contributed by atoms with E-state index in [1.165, 1.54) is 24.2 Å². The third kappa shape index (κ3) is 5.52. The molecular weight excluding hydrogens is 384 g/mol. The average molecular weight is 411 g/mol. The molecule has 3 aromatic rings. The van der Waals surface area contributed by atoms with Crippen LogP contribution in [0.3, 0.4) is 0 Å². The summed E-state index contributed by atoms with van der Waals surface area (Å²) in [6.45, 7) is 5.43. The van der Waals surface area contributed by atoms with E-state index in [9.17, 15) is 4.79 Å². The van der Waals surface area contributed by atoms with E-state index in [0.29, 0.717) is 23.9 Å². The predicted molar refractivity (Wildman–Crippen MR) is 115 cm³/mol. The van der Waals surface area contributed by atoms with Gasteiger partial charge in [0, 0.05) is 30.3 Å². The van der Waals surface area contributed by atoms with E-state index in [0.717, 1.165) is 42.6 Å². The molecule has 7 heteroatoms. The molecule has 0 saturated carbocycles. The summed E-state index contributed by atoms with van der Waals surface area (Å²) in [5.74, 6) is 2.04. The monoisotopic (exact) mass is 410 g/mol. The molecule has 0 radical (unpaired) electrons. The predicted octanol–water partition coefficient (Wildman–Crippen LogP) is 4.60. The molecule has 1 amide bonds. The molecule has 29 heavy (non-hydrogen) atoms. The summed E-state index contributed by atoms with van der Waals surface area (Å²) >= 11 is 1.48. The zero-order valence-corrected chi connectivity index (χ0v) is 17.5. The van der Waals surface area contributed by atoms with Crippen molar-refractivity contribution in [2.45, 2.75) is 39.2 Å². The van der Waals surface area contributed by atoms with E-state index < -0.39 is 0 Å². The van der Waals surface area contributed by atoms with Crippen LogP contribution in [0.2, 0.25) is 0 Å². The summed E-state index contributed by atoms with van der Waals surface area (Å²) in [5, 5.41) is 5.59. The first-order valence-electron chi connectivity index (χ1n) is 10.1. The van der Waals surface area contributed by atoms with Crippen molar-refractivity contribution in [3.8, 4) is 11.3 Å². The number of carbonyl (C=O) groups excluding carboxylic acids is 1. The van der Waals surface area contributed by atoms with Gasteiger partial charge in [-0.05, 0) is 31.8 Å². The normalized spacial score (nSPS) is 15.5. The summed E-state index contributed by atoms with van der Waals surface area (Å²) in [5.41, 5.74) is 2.01. The van der Waals surface area contributed by atoms with Gasteiger partial charge in [0.05, 0.1) is 11.9 Å². The molecule has 1 saturated heterocycles. The molecule has 1 aliphatic heterocycles. The van der Waals surface area contributed by atoms with E-state index in [-0.39, 0.29) is 5.91 Å². The third-order valence-corrected chi connectivity index (χ3v) is 6.04. The Bertz CT molecular complexity index is 929. The fourth-order valence-electron chi connectivity index (χ4n) is 3.45. The number of benzene rings is 1. The van der Waals surface area contributed by atoms with Crippen LogP contribution in [-0.4, -0.2) is 33.9 Å². The second kappa shape index (κ2) is 9.33. The van der Waals surface area contributed by atoms with Gasteiger partial charge in [-0.25, -0.2) is 9.97 Å². The number of aromatic nitrogens is 2. The molecule has 2 aromatic heterocycles. The summed E-state index contributed by atoms with van der Waals surface area (Å²) in [6.07, 6.45) is 4.98. The van der Waals surface area contributed by atoms with Gasteiger partial charge in [-0.1, -0.05) is 37.3 Å². The summed E-state index contributed by atoms with van der Waals surface area (Å²) in [6, 6.07) is 9.82. The highest BCUT2D eigenvalue weighted by molar-refractivity contribution is 7.13. The fourth-order valence-corrected chi connectivity index (χ4v) is 4.17. The van der Waals surface area contributed by atoms with Gasteiger partial charge in [-0.15, -0.1) is 11.3 Å². The van der Waals surface area contributed by atoms with Gasteiger partial charge in [0.25, 0.3) is 0 Å². The van der Waals surface area contributed by atoms with Crippen molar-refractivity contribution in [2.75, 3.05) is 18.4 Å². The molecular formula is C22H26N4O2S. The number of nitrogens with one attached hydrogen (secondary N) is 1. The highest BCUT2D eigenvalue weighted by Gasteiger charge is 2.17. The molecule has 0 bridgehead atoms. The molecule has 1 aromatic carbocycles. The van der Waals surface area contributed by atoms with Crippen LogP contribution in [0.15, 0.2) is 46.3 Å². The number of nitrogens with zero attached hydrogens (tertiary/aromatic N) is 3. The number of anilines is 1. The molecule has 4 rings (SSSR count). The third-order valence-electron chi connectivity index (χ3n) is 5.24. The maximum Gasteiger partial charge on any atom is 0.226 e. The molecule has 0 unspecified atom stereocenters. The zero-order valence-electron chi connectivity index (χ0n) is 16.6. The Morgan fingerprint density at radius 1 is 1.28 bits per heavy atom. The van der Waals surface area contributed by atoms with Gasteiger partial charge in [0.15, 0.2) is 16.8 Å². The summed E-state index contributed by atoms with van der Waals surface area (Å²) in [4.78, 5) is 23.6. The minimum atomic E-state index is -0.0721. The van der Waals surface area contributed by atoms with Crippen LogP contribution in [0, 0.1) is 5.92 Å². The molecule has 1 aliphatic rings.